The highest BCUT2D eigenvalue weighted by atomic mass is 16.1. The molecule has 2 heterocycles. The number of piperidine rings is 1. The molecule has 0 spiro atoms. The minimum absolute atomic E-state index is 0.0184. The molecule has 0 unspecified atom stereocenters. The lowest BCUT2D eigenvalue weighted by atomic mass is 9.92. The topological polar surface area (TPSA) is 89.9 Å². The van der Waals surface area contributed by atoms with E-state index in [2.05, 4.69) is 39.0 Å². The Bertz CT molecular complexity index is 528. The van der Waals surface area contributed by atoms with E-state index >= 15 is 0 Å². The fourth-order valence-corrected chi connectivity index (χ4v) is 4.15. The van der Waals surface area contributed by atoms with Crippen LogP contribution in [0.2, 0.25) is 0 Å². The van der Waals surface area contributed by atoms with Crippen molar-refractivity contribution in [3.05, 3.63) is 5.82 Å². The van der Waals surface area contributed by atoms with Crippen LogP contribution in [0.3, 0.4) is 0 Å². The number of amides is 1. The van der Waals surface area contributed by atoms with Crippen molar-refractivity contribution in [3.63, 3.8) is 0 Å². The number of hydrogen-bond acceptors (Lipinski definition) is 5. The fraction of sp³-hybridized carbons (Fsp3) is 0.875. The van der Waals surface area contributed by atoms with Crippen LogP contribution in [-0.4, -0.2) is 44.1 Å². The molecule has 2 N–H and O–H groups in total. The van der Waals surface area contributed by atoms with E-state index in [0.29, 0.717) is 12.0 Å². The Morgan fingerprint density at radius 2 is 1.83 bits per heavy atom. The van der Waals surface area contributed by atoms with Crippen LogP contribution in [0.4, 0.5) is 0 Å². The smallest absolute Gasteiger partial charge is 0.220 e. The lowest BCUT2D eigenvalue weighted by Gasteiger charge is -2.38. The van der Waals surface area contributed by atoms with Crippen LogP contribution in [-0.2, 0) is 4.79 Å². The molecule has 1 atom stereocenters. The molecule has 0 bridgehead atoms. The molecule has 7 nitrogen and oxygen atoms in total. The number of rotatable bonds is 5. The number of tetrazole rings is 1. The Hall–Kier alpha value is -1.50. The summed E-state index contributed by atoms with van der Waals surface area (Å²) in [7, 11) is 0. The van der Waals surface area contributed by atoms with E-state index in [0.717, 1.165) is 31.8 Å². The maximum absolute atomic E-state index is 11.4. The third-order valence-electron chi connectivity index (χ3n) is 5.41. The quantitative estimate of drug-likeness (QED) is 0.891. The molecule has 1 amide bonds. The van der Waals surface area contributed by atoms with E-state index in [9.17, 15) is 4.79 Å². The van der Waals surface area contributed by atoms with E-state index in [1.54, 1.807) is 0 Å². The minimum atomic E-state index is -0.165. The van der Waals surface area contributed by atoms with Crippen LogP contribution in [0, 0.1) is 11.8 Å². The molecule has 23 heavy (non-hydrogen) atoms. The summed E-state index contributed by atoms with van der Waals surface area (Å²) in [5.74, 6) is 1.27. The molecule has 2 fully saturated rings. The first-order valence-electron chi connectivity index (χ1n) is 8.89. The van der Waals surface area contributed by atoms with E-state index in [-0.39, 0.29) is 17.9 Å². The maximum Gasteiger partial charge on any atom is 0.220 e. The zero-order valence-electron chi connectivity index (χ0n) is 14.2. The van der Waals surface area contributed by atoms with Gasteiger partial charge in [0.2, 0.25) is 5.91 Å². The molecule has 128 valence electrons. The summed E-state index contributed by atoms with van der Waals surface area (Å²) >= 11 is 0. The Balaban J connectivity index is 1.78. The minimum Gasteiger partial charge on any atom is -0.369 e. The van der Waals surface area contributed by atoms with Gasteiger partial charge in [-0.15, -0.1) is 5.10 Å². The second kappa shape index (κ2) is 6.95. The molecular weight excluding hydrogens is 292 g/mol. The van der Waals surface area contributed by atoms with E-state index in [1.165, 1.54) is 25.7 Å². The molecule has 1 aliphatic carbocycles. The first kappa shape index (κ1) is 16.4. The van der Waals surface area contributed by atoms with Crippen molar-refractivity contribution in [2.24, 2.45) is 17.6 Å². The van der Waals surface area contributed by atoms with Crippen LogP contribution in [0.5, 0.6) is 0 Å². The average molecular weight is 320 g/mol. The van der Waals surface area contributed by atoms with Gasteiger partial charge >= 0.3 is 0 Å². The summed E-state index contributed by atoms with van der Waals surface area (Å²) in [6.07, 6.45) is 6.55. The molecule has 2 aliphatic rings. The van der Waals surface area contributed by atoms with Gasteiger partial charge in [-0.2, -0.15) is 0 Å². The van der Waals surface area contributed by atoms with Crippen molar-refractivity contribution in [1.82, 2.24) is 25.1 Å². The number of carbonyl (C=O) groups excluding carboxylic acids is 1. The number of likely N-dealkylation sites (tertiary alicyclic amines) is 1. The Labute approximate surface area is 137 Å². The molecule has 0 radical (unpaired) electrons. The zero-order valence-corrected chi connectivity index (χ0v) is 14.2. The van der Waals surface area contributed by atoms with Gasteiger partial charge in [0.1, 0.15) is 0 Å². The predicted molar refractivity (Wildman–Crippen MR) is 86.4 cm³/mol. The largest absolute Gasteiger partial charge is 0.369 e. The number of carbonyl (C=O) groups is 1. The third kappa shape index (κ3) is 3.39. The Kier molecular flexibility index (Phi) is 4.94. The monoisotopic (exact) mass is 320 g/mol. The Morgan fingerprint density at radius 3 is 2.39 bits per heavy atom. The molecule has 1 aliphatic heterocycles. The van der Waals surface area contributed by atoms with Crippen molar-refractivity contribution >= 4 is 5.91 Å². The van der Waals surface area contributed by atoms with Crippen LogP contribution < -0.4 is 5.73 Å². The van der Waals surface area contributed by atoms with Crippen LogP contribution >= 0.6 is 0 Å². The van der Waals surface area contributed by atoms with Gasteiger partial charge in [0.15, 0.2) is 5.82 Å². The van der Waals surface area contributed by atoms with E-state index < -0.39 is 0 Å². The normalized spacial score (nSPS) is 22.7. The van der Waals surface area contributed by atoms with Gasteiger partial charge in [0, 0.05) is 5.92 Å². The van der Waals surface area contributed by atoms with Crippen molar-refractivity contribution in [2.45, 2.75) is 64.5 Å². The van der Waals surface area contributed by atoms with Crippen molar-refractivity contribution in [1.29, 1.82) is 0 Å². The first-order valence-corrected chi connectivity index (χ1v) is 8.89. The highest BCUT2D eigenvalue weighted by molar-refractivity contribution is 5.76. The predicted octanol–water partition coefficient (Wildman–Crippen LogP) is 1.68. The van der Waals surface area contributed by atoms with Gasteiger partial charge in [0.05, 0.1) is 12.1 Å². The van der Waals surface area contributed by atoms with Gasteiger partial charge in [0.25, 0.3) is 0 Å². The molecule has 1 aromatic rings. The summed E-state index contributed by atoms with van der Waals surface area (Å²) in [6.45, 7) is 6.21. The maximum atomic E-state index is 11.4. The first-order chi connectivity index (χ1) is 11.1. The molecule has 1 aromatic heterocycles. The summed E-state index contributed by atoms with van der Waals surface area (Å²) < 4.78 is 2.07. The van der Waals surface area contributed by atoms with Gasteiger partial charge in [-0.25, -0.2) is 4.68 Å². The van der Waals surface area contributed by atoms with E-state index in [1.807, 2.05) is 0 Å². The number of primary amides is 1. The fourth-order valence-electron chi connectivity index (χ4n) is 4.15. The summed E-state index contributed by atoms with van der Waals surface area (Å²) in [5.41, 5.74) is 5.46. The second-order valence-electron chi connectivity index (χ2n) is 7.32. The highest BCUT2D eigenvalue weighted by Crippen LogP contribution is 2.35. The lowest BCUT2D eigenvalue weighted by molar-refractivity contribution is -0.123. The molecule has 1 saturated heterocycles. The van der Waals surface area contributed by atoms with Gasteiger partial charge < -0.3 is 5.73 Å². The van der Waals surface area contributed by atoms with Crippen LogP contribution in [0.1, 0.15) is 70.3 Å². The number of nitrogens with two attached hydrogens (primary N) is 1. The molecule has 3 rings (SSSR count). The summed E-state index contributed by atoms with van der Waals surface area (Å²) in [4.78, 5) is 13.8. The number of nitrogens with zero attached hydrogens (tertiary/aromatic N) is 5. The summed E-state index contributed by atoms with van der Waals surface area (Å²) in [6, 6.07) is 0.656. The van der Waals surface area contributed by atoms with Crippen LogP contribution in [0.15, 0.2) is 0 Å². The SMILES string of the molecule is CC(C)[C@@H](c1nnnn1C1CCCC1)N1CCC(C(N)=O)CC1. The molecular formula is C16H28N6O. The zero-order chi connectivity index (χ0) is 16.4. The molecule has 1 saturated carbocycles. The van der Waals surface area contributed by atoms with Crippen LogP contribution in [0.25, 0.3) is 0 Å². The van der Waals surface area contributed by atoms with Crippen molar-refractivity contribution in [2.75, 3.05) is 13.1 Å². The van der Waals surface area contributed by atoms with Crippen molar-refractivity contribution in [3.8, 4) is 0 Å². The Morgan fingerprint density at radius 1 is 1.17 bits per heavy atom. The van der Waals surface area contributed by atoms with E-state index in [4.69, 9.17) is 5.73 Å². The standard InChI is InChI=1S/C16H28N6O/c1-11(2)14(21-9-7-12(8-10-21)15(17)23)16-18-19-20-22(16)13-5-3-4-6-13/h11-14H,3-10H2,1-2H3,(H2,17,23)/t14-/m0/s1. The lowest BCUT2D eigenvalue weighted by Crippen LogP contribution is -2.42. The van der Waals surface area contributed by atoms with Crippen molar-refractivity contribution < 1.29 is 4.79 Å². The second-order valence-corrected chi connectivity index (χ2v) is 7.32. The van der Waals surface area contributed by atoms with Gasteiger partial charge in [-0.1, -0.05) is 26.7 Å². The summed E-state index contributed by atoms with van der Waals surface area (Å²) in [5, 5.41) is 12.6. The highest BCUT2D eigenvalue weighted by Gasteiger charge is 2.34. The third-order valence-corrected chi connectivity index (χ3v) is 5.41. The average Bonchev–Trinajstić information content (AvgIpc) is 3.18. The number of aromatic nitrogens is 4. The molecule has 0 aromatic carbocycles. The van der Waals surface area contributed by atoms with Gasteiger partial charge in [-0.3, -0.25) is 9.69 Å². The van der Waals surface area contributed by atoms with Gasteiger partial charge in [-0.05, 0) is 55.1 Å². The molecule has 7 heteroatoms. The number of hydrogen-bond donors (Lipinski definition) is 1.